The van der Waals surface area contributed by atoms with Gasteiger partial charge in [-0.25, -0.2) is 0 Å². The van der Waals surface area contributed by atoms with E-state index in [9.17, 15) is 4.79 Å². The number of hydrogen-bond donors (Lipinski definition) is 1. The Morgan fingerprint density at radius 2 is 2.08 bits per heavy atom. The van der Waals surface area contributed by atoms with Crippen molar-refractivity contribution in [1.82, 2.24) is 0 Å². The SMILES string of the molecule is CC(C)(C)OC1=C(S)CC=CC1=O. The van der Waals surface area contributed by atoms with Gasteiger partial charge in [-0.1, -0.05) is 6.08 Å². The lowest BCUT2D eigenvalue weighted by Crippen LogP contribution is -2.23. The van der Waals surface area contributed by atoms with E-state index in [2.05, 4.69) is 12.6 Å². The third kappa shape index (κ3) is 2.92. The molecule has 0 aromatic heterocycles. The van der Waals surface area contributed by atoms with Crippen LogP contribution in [0.4, 0.5) is 0 Å². The molecule has 0 aromatic rings. The van der Waals surface area contributed by atoms with Gasteiger partial charge < -0.3 is 4.74 Å². The molecule has 0 fully saturated rings. The molecular formula is C10H14O2S. The summed E-state index contributed by atoms with van der Waals surface area (Å²) in [6.45, 7) is 5.73. The van der Waals surface area contributed by atoms with E-state index in [1.165, 1.54) is 6.08 Å². The Labute approximate surface area is 84.1 Å². The fraction of sp³-hybridized carbons (Fsp3) is 0.500. The van der Waals surface area contributed by atoms with Gasteiger partial charge in [-0.3, -0.25) is 4.79 Å². The summed E-state index contributed by atoms with van der Waals surface area (Å²) in [5, 5.41) is 0. The number of hydrogen-bond acceptors (Lipinski definition) is 3. The van der Waals surface area contributed by atoms with Crippen molar-refractivity contribution in [3.63, 3.8) is 0 Å². The van der Waals surface area contributed by atoms with Gasteiger partial charge in [0.2, 0.25) is 5.78 Å². The summed E-state index contributed by atoms with van der Waals surface area (Å²) in [7, 11) is 0. The van der Waals surface area contributed by atoms with Gasteiger partial charge >= 0.3 is 0 Å². The Morgan fingerprint density at radius 3 is 2.54 bits per heavy atom. The van der Waals surface area contributed by atoms with Crippen LogP contribution in [-0.2, 0) is 9.53 Å². The minimum Gasteiger partial charge on any atom is -0.483 e. The van der Waals surface area contributed by atoms with E-state index in [1.54, 1.807) is 6.08 Å². The van der Waals surface area contributed by atoms with E-state index in [4.69, 9.17) is 4.74 Å². The highest BCUT2D eigenvalue weighted by Crippen LogP contribution is 2.25. The first-order valence-electron chi connectivity index (χ1n) is 4.22. The summed E-state index contributed by atoms with van der Waals surface area (Å²) in [6, 6.07) is 0. The van der Waals surface area contributed by atoms with Crippen molar-refractivity contribution in [3.8, 4) is 0 Å². The zero-order valence-electron chi connectivity index (χ0n) is 8.13. The summed E-state index contributed by atoms with van der Waals surface area (Å²) in [6.07, 6.45) is 4.00. The van der Waals surface area contributed by atoms with Gasteiger partial charge in [0.1, 0.15) is 5.60 Å². The maximum absolute atomic E-state index is 11.4. The lowest BCUT2D eigenvalue weighted by molar-refractivity contribution is -0.117. The summed E-state index contributed by atoms with van der Waals surface area (Å²) in [4.78, 5) is 12.1. The third-order valence-electron chi connectivity index (χ3n) is 1.47. The molecule has 1 aliphatic carbocycles. The van der Waals surface area contributed by atoms with E-state index in [0.717, 1.165) is 0 Å². The molecule has 2 nitrogen and oxygen atoms in total. The largest absolute Gasteiger partial charge is 0.483 e. The van der Waals surface area contributed by atoms with E-state index in [0.29, 0.717) is 17.1 Å². The normalized spacial score (nSPS) is 18.0. The van der Waals surface area contributed by atoms with Gasteiger partial charge in [0.25, 0.3) is 0 Å². The molecule has 0 heterocycles. The number of allylic oxidation sites excluding steroid dienone is 3. The smallest absolute Gasteiger partial charge is 0.220 e. The quantitative estimate of drug-likeness (QED) is 0.655. The van der Waals surface area contributed by atoms with Crippen LogP contribution in [0.25, 0.3) is 0 Å². The molecule has 0 amide bonds. The van der Waals surface area contributed by atoms with Crippen molar-refractivity contribution >= 4 is 18.4 Å². The first kappa shape index (κ1) is 10.4. The fourth-order valence-electron chi connectivity index (χ4n) is 1.00. The lowest BCUT2D eigenvalue weighted by Gasteiger charge is -2.24. The molecule has 0 aliphatic heterocycles. The predicted molar refractivity (Wildman–Crippen MR) is 55.6 cm³/mol. The van der Waals surface area contributed by atoms with Gasteiger partial charge in [0.15, 0.2) is 5.76 Å². The second kappa shape index (κ2) is 3.58. The number of rotatable bonds is 1. The summed E-state index contributed by atoms with van der Waals surface area (Å²) in [5.41, 5.74) is -0.343. The molecule has 0 aromatic carbocycles. The highest BCUT2D eigenvalue weighted by atomic mass is 32.1. The van der Waals surface area contributed by atoms with Crippen molar-refractivity contribution in [1.29, 1.82) is 0 Å². The molecule has 3 heteroatoms. The Kier molecular flexibility index (Phi) is 2.86. The molecule has 0 N–H and O–H groups in total. The van der Waals surface area contributed by atoms with Gasteiger partial charge in [-0.2, -0.15) is 0 Å². The minimum absolute atomic E-state index is 0.0915. The Balaban J connectivity index is 2.83. The maximum Gasteiger partial charge on any atom is 0.220 e. The number of ether oxygens (including phenoxy) is 1. The zero-order valence-corrected chi connectivity index (χ0v) is 9.02. The van der Waals surface area contributed by atoms with Crippen molar-refractivity contribution < 1.29 is 9.53 Å². The van der Waals surface area contributed by atoms with E-state index < -0.39 is 0 Å². The summed E-state index contributed by atoms with van der Waals surface area (Å²) < 4.78 is 5.51. The highest BCUT2D eigenvalue weighted by molar-refractivity contribution is 7.84. The second-order valence-electron chi connectivity index (χ2n) is 3.96. The van der Waals surface area contributed by atoms with Crippen molar-refractivity contribution in [2.75, 3.05) is 0 Å². The van der Waals surface area contributed by atoms with Crippen molar-refractivity contribution in [2.45, 2.75) is 32.8 Å². The average molecular weight is 198 g/mol. The number of thiol groups is 1. The molecule has 72 valence electrons. The first-order valence-corrected chi connectivity index (χ1v) is 4.67. The van der Waals surface area contributed by atoms with Gasteiger partial charge in [0.05, 0.1) is 0 Å². The second-order valence-corrected chi connectivity index (χ2v) is 4.50. The predicted octanol–water partition coefficient (Wildman–Crippen LogP) is 2.47. The van der Waals surface area contributed by atoms with Gasteiger partial charge in [-0.05, 0) is 26.8 Å². The fourth-order valence-corrected chi connectivity index (χ4v) is 1.26. The Bertz CT molecular complexity index is 282. The van der Waals surface area contributed by atoms with Crippen LogP contribution in [0.1, 0.15) is 27.2 Å². The molecule has 13 heavy (non-hydrogen) atoms. The van der Waals surface area contributed by atoms with Crippen molar-refractivity contribution in [2.24, 2.45) is 0 Å². The maximum atomic E-state index is 11.4. The van der Waals surface area contributed by atoms with E-state index in [-0.39, 0.29) is 11.4 Å². The van der Waals surface area contributed by atoms with E-state index >= 15 is 0 Å². The molecule has 0 bridgehead atoms. The number of ketones is 1. The molecular weight excluding hydrogens is 184 g/mol. The van der Waals surface area contributed by atoms with Crippen LogP contribution in [0, 0.1) is 0 Å². The average Bonchev–Trinajstić information content (AvgIpc) is 1.95. The summed E-state index contributed by atoms with van der Waals surface area (Å²) >= 11 is 4.21. The Hall–Kier alpha value is -0.700. The molecule has 0 unspecified atom stereocenters. The molecule has 0 saturated carbocycles. The van der Waals surface area contributed by atoms with Crippen LogP contribution in [-0.4, -0.2) is 11.4 Å². The first-order chi connectivity index (χ1) is 5.90. The molecule has 1 aliphatic rings. The van der Waals surface area contributed by atoms with Crippen LogP contribution in [0.15, 0.2) is 22.8 Å². The molecule has 0 saturated heterocycles. The third-order valence-corrected chi connectivity index (χ3v) is 1.86. The number of carbonyl (C=O) groups excluding carboxylic acids is 1. The van der Waals surface area contributed by atoms with E-state index in [1.807, 2.05) is 20.8 Å². The monoisotopic (exact) mass is 198 g/mol. The molecule has 0 atom stereocenters. The number of carbonyl (C=O) groups is 1. The van der Waals surface area contributed by atoms with Gasteiger partial charge in [0, 0.05) is 11.3 Å². The van der Waals surface area contributed by atoms with Crippen LogP contribution in [0.5, 0.6) is 0 Å². The van der Waals surface area contributed by atoms with Crippen LogP contribution in [0.3, 0.4) is 0 Å². The molecule has 0 spiro atoms. The zero-order chi connectivity index (χ0) is 10.1. The minimum atomic E-state index is -0.343. The molecule has 1 rings (SSSR count). The van der Waals surface area contributed by atoms with Crippen LogP contribution in [0.2, 0.25) is 0 Å². The van der Waals surface area contributed by atoms with Crippen LogP contribution >= 0.6 is 12.6 Å². The van der Waals surface area contributed by atoms with Crippen molar-refractivity contribution in [3.05, 3.63) is 22.8 Å². The Morgan fingerprint density at radius 1 is 1.46 bits per heavy atom. The summed E-state index contributed by atoms with van der Waals surface area (Å²) in [5.74, 6) is 0.296. The lowest BCUT2D eigenvalue weighted by atomic mass is 10.1. The molecule has 0 radical (unpaired) electrons. The van der Waals surface area contributed by atoms with Crippen LogP contribution < -0.4 is 0 Å². The standard InChI is InChI=1S/C10H14O2S/c1-10(2,3)12-9-7(11)5-4-6-8(9)13/h4-5,13H,6H2,1-3H3. The van der Waals surface area contributed by atoms with Gasteiger partial charge in [-0.15, -0.1) is 12.6 Å². The highest BCUT2D eigenvalue weighted by Gasteiger charge is 2.21. The topological polar surface area (TPSA) is 26.3 Å².